The average molecular weight is 630 g/mol. The van der Waals surface area contributed by atoms with E-state index in [-0.39, 0.29) is 5.75 Å². The van der Waals surface area contributed by atoms with Gasteiger partial charge in [0.15, 0.2) is 0 Å². The summed E-state index contributed by atoms with van der Waals surface area (Å²) in [5.74, 6) is 0.0718. The summed E-state index contributed by atoms with van der Waals surface area (Å²) < 4.78 is 0. The lowest BCUT2D eigenvalue weighted by atomic mass is 9.82. The normalized spacial score (nSPS) is 11.5. The average Bonchev–Trinajstić information content (AvgIpc) is 3.04. The molecule has 3 N–H and O–H groups in total. The van der Waals surface area contributed by atoms with Gasteiger partial charge in [-0.2, -0.15) is 0 Å². The molecular formula is C43H83NO. The van der Waals surface area contributed by atoms with Crippen LogP contribution >= 0.6 is 0 Å². The molecule has 1 aromatic carbocycles. The first-order chi connectivity index (χ1) is 22.1. The fourth-order valence-electron chi connectivity index (χ4n) is 6.76. The van der Waals surface area contributed by atoms with Gasteiger partial charge in [-0.05, 0) is 19.3 Å². The molecule has 2 heteroatoms. The molecule has 0 saturated carbocycles. The first-order valence-electron chi connectivity index (χ1n) is 20.7. The van der Waals surface area contributed by atoms with Gasteiger partial charge < -0.3 is 10.8 Å². The van der Waals surface area contributed by atoms with Crippen molar-refractivity contribution in [2.75, 3.05) is 0 Å². The topological polar surface area (TPSA) is 50.7 Å². The minimum absolute atomic E-state index is 0.0718. The second-order valence-electron chi connectivity index (χ2n) is 14.6. The highest BCUT2D eigenvalue weighted by molar-refractivity contribution is 5.17. The highest BCUT2D eigenvalue weighted by Crippen LogP contribution is 2.26. The molecule has 0 atom stereocenters. The van der Waals surface area contributed by atoms with E-state index in [1.807, 2.05) is 6.07 Å². The third-order valence-corrected chi connectivity index (χ3v) is 9.93. The summed E-state index contributed by atoms with van der Waals surface area (Å²) >= 11 is 0. The van der Waals surface area contributed by atoms with E-state index in [0.717, 1.165) is 0 Å². The molecule has 2 nitrogen and oxygen atoms in total. The molecule has 0 aliphatic rings. The minimum Gasteiger partial charge on any atom is -0.872 e. The monoisotopic (exact) mass is 630 g/mol. The number of para-hydroxylation sites is 1. The van der Waals surface area contributed by atoms with Gasteiger partial charge in [-0.3, -0.25) is 0 Å². The summed E-state index contributed by atoms with van der Waals surface area (Å²) in [5, 5.41) is 10.3. The van der Waals surface area contributed by atoms with Crippen molar-refractivity contribution in [1.82, 2.24) is 0 Å². The number of unbranched alkanes of at least 4 members (excludes halogenated alkanes) is 27. The van der Waals surface area contributed by atoms with Crippen LogP contribution in [0.15, 0.2) is 30.3 Å². The first-order valence-corrected chi connectivity index (χ1v) is 20.7. The zero-order chi connectivity index (χ0) is 32.9. The summed E-state index contributed by atoms with van der Waals surface area (Å²) in [6, 6.07) is 8.33. The molecule has 0 heterocycles. The summed E-state index contributed by atoms with van der Waals surface area (Å²) in [6.45, 7) is 6.95. The molecule has 0 aromatic heterocycles. The van der Waals surface area contributed by atoms with Crippen molar-refractivity contribution >= 4 is 0 Å². The van der Waals surface area contributed by atoms with Gasteiger partial charge in [-0.15, -0.1) is 5.75 Å². The Morgan fingerprint density at radius 1 is 0.378 bits per heavy atom. The smallest absolute Gasteiger partial charge is 0.0945 e. The van der Waals surface area contributed by atoms with Crippen LogP contribution in [0.3, 0.4) is 0 Å². The van der Waals surface area contributed by atoms with Gasteiger partial charge >= 0.3 is 0 Å². The van der Waals surface area contributed by atoms with Crippen LogP contribution in [-0.4, -0.2) is 5.54 Å². The van der Waals surface area contributed by atoms with Gasteiger partial charge in [0, 0.05) is 19.3 Å². The Bertz CT molecular complexity index is 599. The molecular weight excluding hydrogens is 546 g/mol. The number of hydrogen-bond acceptors (Lipinski definition) is 1. The number of rotatable bonds is 33. The Labute approximate surface area is 284 Å². The van der Waals surface area contributed by atoms with Crippen LogP contribution in [0.4, 0.5) is 0 Å². The number of benzene rings is 1. The molecule has 0 radical (unpaired) electrons. The van der Waals surface area contributed by atoms with Gasteiger partial charge in [0.05, 0.1) is 5.54 Å². The van der Waals surface area contributed by atoms with Gasteiger partial charge in [0.25, 0.3) is 0 Å². The summed E-state index contributed by atoms with van der Waals surface area (Å²) in [7, 11) is 0. The maximum atomic E-state index is 10.3. The van der Waals surface area contributed by atoms with Crippen LogP contribution in [-0.2, 0) is 0 Å². The minimum atomic E-state index is 0.0718. The van der Waals surface area contributed by atoms with Crippen LogP contribution in [0.2, 0.25) is 0 Å². The lowest BCUT2D eigenvalue weighted by Crippen LogP contribution is -2.72. The molecule has 1 aromatic rings. The molecule has 0 fully saturated rings. The standard InChI is InChI=1S/C37H77N.C6H6O/c1-4-7-10-13-16-19-22-25-28-31-34-37(38,35-32-29-26-23-20-17-14-11-8-5-2)36-33-30-27-24-21-18-15-12-9-6-3;7-6-4-2-1-3-5-6/h4-36,38H2,1-3H3;1-5,7H. The molecule has 0 aliphatic heterocycles. The van der Waals surface area contributed by atoms with Gasteiger partial charge in [-0.1, -0.05) is 224 Å². The fourth-order valence-corrected chi connectivity index (χ4v) is 6.76. The molecule has 0 aliphatic carbocycles. The maximum absolute atomic E-state index is 10.3. The predicted molar refractivity (Wildman–Crippen MR) is 201 cm³/mol. The first kappa shape index (κ1) is 44.0. The third kappa shape index (κ3) is 34.1. The van der Waals surface area contributed by atoms with E-state index >= 15 is 0 Å². The van der Waals surface area contributed by atoms with E-state index in [4.69, 9.17) is 5.73 Å². The molecule has 0 amide bonds. The van der Waals surface area contributed by atoms with Crippen molar-refractivity contribution in [3.8, 4) is 5.75 Å². The van der Waals surface area contributed by atoms with Crippen LogP contribution in [0, 0.1) is 0 Å². The highest BCUT2D eigenvalue weighted by atomic mass is 16.3. The van der Waals surface area contributed by atoms with Gasteiger partial charge in [0.2, 0.25) is 0 Å². The van der Waals surface area contributed by atoms with Gasteiger partial charge in [0.1, 0.15) is 0 Å². The third-order valence-electron chi connectivity index (χ3n) is 9.93. The Morgan fingerprint density at radius 3 is 0.800 bits per heavy atom. The van der Waals surface area contributed by atoms with Crippen molar-refractivity contribution < 1.29 is 10.8 Å². The summed E-state index contributed by atoms with van der Waals surface area (Å²) in [4.78, 5) is 0. The van der Waals surface area contributed by atoms with Crippen molar-refractivity contribution in [1.29, 1.82) is 0 Å². The van der Waals surface area contributed by atoms with E-state index in [0.29, 0.717) is 5.54 Å². The van der Waals surface area contributed by atoms with Gasteiger partial charge in [-0.25, -0.2) is 0 Å². The lowest BCUT2D eigenvalue weighted by molar-refractivity contribution is -0.484. The van der Waals surface area contributed by atoms with Crippen molar-refractivity contribution in [2.45, 2.75) is 238 Å². The fraction of sp³-hybridized carbons (Fsp3) is 0.860. The largest absolute Gasteiger partial charge is 0.872 e. The van der Waals surface area contributed by atoms with Crippen molar-refractivity contribution in [3.05, 3.63) is 30.3 Å². The maximum Gasteiger partial charge on any atom is 0.0945 e. The molecule has 1 rings (SSSR count). The van der Waals surface area contributed by atoms with E-state index in [2.05, 4.69) is 20.8 Å². The Balaban J connectivity index is 0.00000241. The van der Waals surface area contributed by atoms with Crippen LogP contribution in [0.5, 0.6) is 5.75 Å². The molecule has 0 bridgehead atoms. The quantitative estimate of drug-likeness (QED) is 0.0773. The second-order valence-corrected chi connectivity index (χ2v) is 14.6. The molecule has 45 heavy (non-hydrogen) atoms. The number of hydrogen-bond donors (Lipinski definition) is 1. The molecule has 0 unspecified atom stereocenters. The van der Waals surface area contributed by atoms with E-state index in [1.54, 1.807) is 12.1 Å². The van der Waals surface area contributed by atoms with Crippen LogP contribution < -0.4 is 10.8 Å². The zero-order valence-corrected chi connectivity index (χ0v) is 31.3. The lowest BCUT2D eigenvalue weighted by Gasteiger charge is -2.26. The van der Waals surface area contributed by atoms with E-state index in [1.165, 1.54) is 224 Å². The predicted octanol–water partition coefficient (Wildman–Crippen LogP) is 13.7. The summed E-state index contributed by atoms with van der Waals surface area (Å²) in [6.07, 6.45) is 47.5. The van der Waals surface area contributed by atoms with Crippen LogP contribution in [0.25, 0.3) is 0 Å². The number of quaternary nitrogens is 1. The second kappa shape index (κ2) is 35.8. The van der Waals surface area contributed by atoms with E-state index in [9.17, 15) is 5.11 Å². The highest BCUT2D eigenvalue weighted by Gasteiger charge is 2.27. The zero-order valence-electron chi connectivity index (χ0n) is 31.3. The Morgan fingerprint density at radius 2 is 0.600 bits per heavy atom. The van der Waals surface area contributed by atoms with Crippen LogP contribution in [0.1, 0.15) is 233 Å². The van der Waals surface area contributed by atoms with Crippen molar-refractivity contribution in [2.24, 2.45) is 0 Å². The SMILES string of the molecule is CCCCCCCCCCCCC([NH3+])(CCCCCCCCCCCC)CCCCCCCCCCCC.[O-]c1ccccc1. The molecule has 266 valence electrons. The Hall–Kier alpha value is -1.02. The van der Waals surface area contributed by atoms with E-state index < -0.39 is 0 Å². The molecule has 0 spiro atoms. The Kier molecular flexibility index (Phi) is 35.0. The molecule has 0 saturated heterocycles. The van der Waals surface area contributed by atoms with Crippen molar-refractivity contribution in [3.63, 3.8) is 0 Å². The summed E-state index contributed by atoms with van der Waals surface area (Å²) in [5.41, 5.74) is 5.27.